The molecule has 0 saturated carbocycles. The van der Waals surface area contributed by atoms with Gasteiger partial charge in [0.25, 0.3) is 0 Å². The van der Waals surface area contributed by atoms with Gasteiger partial charge in [0, 0.05) is 16.3 Å². The molecule has 148 valence electrons. The zero-order chi connectivity index (χ0) is 20.1. The number of aliphatic hydroxyl groups is 1. The molecule has 3 aromatic rings. The minimum Gasteiger partial charge on any atom is -0.492 e. The van der Waals surface area contributed by atoms with Gasteiger partial charge in [-0.3, -0.25) is 0 Å². The predicted octanol–water partition coefficient (Wildman–Crippen LogP) is 4.02. The summed E-state index contributed by atoms with van der Waals surface area (Å²) in [4.78, 5) is 1.72. The van der Waals surface area contributed by atoms with Gasteiger partial charge in [0.1, 0.15) is 16.7 Å². The van der Waals surface area contributed by atoms with Crippen molar-refractivity contribution in [1.29, 1.82) is 0 Å². The van der Waals surface area contributed by atoms with Crippen LogP contribution in [0.3, 0.4) is 0 Å². The van der Waals surface area contributed by atoms with Crippen molar-refractivity contribution in [1.82, 2.24) is 4.72 Å². The highest BCUT2D eigenvalue weighted by molar-refractivity contribution is 7.89. The molecule has 0 unspecified atom stereocenters. The van der Waals surface area contributed by atoms with Gasteiger partial charge >= 0.3 is 0 Å². The molecule has 0 aliphatic rings. The molecule has 0 aliphatic carbocycles. The number of aryl methyl sites for hydroxylation is 1. The molecule has 2 aromatic carbocycles. The van der Waals surface area contributed by atoms with Gasteiger partial charge in [0.2, 0.25) is 10.0 Å². The average molecular weight is 418 g/mol. The van der Waals surface area contributed by atoms with Crippen LogP contribution in [0.4, 0.5) is 0 Å². The van der Waals surface area contributed by atoms with Crippen LogP contribution in [-0.4, -0.2) is 20.1 Å². The van der Waals surface area contributed by atoms with Crippen LogP contribution >= 0.6 is 11.3 Å². The van der Waals surface area contributed by atoms with E-state index in [0.717, 1.165) is 20.9 Å². The quantitative estimate of drug-likeness (QED) is 0.581. The first kappa shape index (κ1) is 20.5. The zero-order valence-corrected chi connectivity index (χ0v) is 17.4. The maximum Gasteiger partial charge on any atom is 0.244 e. The number of hydrogen-bond acceptors (Lipinski definition) is 5. The number of aliphatic hydroxyl groups excluding tert-OH is 1. The summed E-state index contributed by atoms with van der Waals surface area (Å²) < 4.78 is 33.7. The van der Waals surface area contributed by atoms with Crippen LogP contribution in [0.2, 0.25) is 0 Å². The van der Waals surface area contributed by atoms with Gasteiger partial charge < -0.3 is 9.84 Å². The van der Waals surface area contributed by atoms with Crippen LogP contribution in [0.25, 0.3) is 0 Å². The highest BCUT2D eigenvalue weighted by Crippen LogP contribution is 2.29. The van der Waals surface area contributed by atoms with Crippen molar-refractivity contribution >= 4 is 21.4 Å². The fourth-order valence-corrected chi connectivity index (χ4v) is 5.07. The van der Waals surface area contributed by atoms with Gasteiger partial charge in [-0.15, -0.1) is 11.3 Å². The van der Waals surface area contributed by atoms with Crippen LogP contribution in [0, 0.1) is 6.92 Å². The first-order valence-corrected chi connectivity index (χ1v) is 11.3. The number of benzene rings is 2. The third-order valence-electron chi connectivity index (χ3n) is 4.19. The number of rotatable bonds is 8. The normalized spacial score (nSPS) is 12.7. The second-order valence-corrected chi connectivity index (χ2v) is 9.26. The molecule has 1 aromatic heterocycles. The summed E-state index contributed by atoms with van der Waals surface area (Å²) in [6.07, 6.45) is -0.724. The Kier molecular flexibility index (Phi) is 6.51. The van der Waals surface area contributed by atoms with E-state index in [-0.39, 0.29) is 11.4 Å². The molecule has 2 N–H and O–H groups in total. The summed E-state index contributed by atoms with van der Waals surface area (Å²) in [5.74, 6) is 0.340. The zero-order valence-electron chi connectivity index (χ0n) is 15.8. The Morgan fingerprint density at radius 3 is 2.57 bits per heavy atom. The topological polar surface area (TPSA) is 75.6 Å². The molecule has 1 atom stereocenters. The van der Waals surface area contributed by atoms with Gasteiger partial charge in [0.05, 0.1) is 6.61 Å². The smallest absolute Gasteiger partial charge is 0.244 e. The summed E-state index contributed by atoms with van der Waals surface area (Å²) in [7, 11) is -3.73. The molecule has 5 nitrogen and oxygen atoms in total. The van der Waals surface area contributed by atoms with E-state index in [0.29, 0.717) is 12.4 Å². The van der Waals surface area contributed by atoms with Crippen LogP contribution in [0.5, 0.6) is 5.75 Å². The van der Waals surface area contributed by atoms with E-state index >= 15 is 0 Å². The SMILES string of the molecule is CCOc1ccc(C)cc1S(=O)(=O)NCc1ccc([C@@H](O)c2ccccc2)s1. The lowest BCUT2D eigenvalue weighted by atomic mass is 10.1. The summed E-state index contributed by atoms with van der Waals surface area (Å²) in [5, 5.41) is 10.5. The summed E-state index contributed by atoms with van der Waals surface area (Å²) >= 11 is 1.38. The maximum absolute atomic E-state index is 12.8. The lowest BCUT2D eigenvalue weighted by Gasteiger charge is -2.12. The summed E-state index contributed by atoms with van der Waals surface area (Å²) in [6.45, 7) is 4.19. The molecule has 0 spiro atoms. The van der Waals surface area contributed by atoms with E-state index in [4.69, 9.17) is 4.74 Å². The van der Waals surface area contributed by atoms with Gasteiger partial charge in [-0.2, -0.15) is 0 Å². The van der Waals surface area contributed by atoms with Crippen LogP contribution < -0.4 is 9.46 Å². The number of hydrogen-bond donors (Lipinski definition) is 2. The lowest BCUT2D eigenvalue weighted by Crippen LogP contribution is -2.23. The van der Waals surface area contributed by atoms with E-state index in [1.165, 1.54) is 11.3 Å². The fourth-order valence-electron chi connectivity index (χ4n) is 2.78. The molecule has 0 bridgehead atoms. The Morgan fingerprint density at radius 1 is 1.11 bits per heavy atom. The monoisotopic (exact) mass is 417 g/mol. The lowest BCUT2D eigenvalue weighted by molar-refractivity contribution is 0.224. The van der Waals surface area contributed by atoms with Gasteiger partial charge in [0.15, 0.2) is 0 Å². The van der Waals surface area contributed by atoms with Crippen LogP contribution in [0.15, 0.2) is 65.6 Å². The Hall–Kier alpha value is -2.19. The van der Waals surface area contributed by atoms with Crippen LogP contribution in [-0.2, 0) is 16.6 Å². The Bertz CT molecular complexity index is 1030. The third-order valence-corrected chi connectivity index (χ3v) is 6.75. The van der Waals surface area contributed by atoms with Crippen molar-refractivity contribution in [3.05, 3.63) is 81.5 Å². The number of thiophene rings is 1. The molecule has 0 fully saturated rings. The summed E-state index contributed by atoms with van der Waals surface area (Å²) in [6, 6.07) is 18.1. The molecule has 0 amide bonds. The first-order valence-electron chi connectivity index (χ1n) is 8.95. The molecular weight excluding hydrogens is 394 g/mol. The molecule has 0 radical (unpaired) electrons. The summed E-state index contributed by atoms with van der Waals surface area (Å²) in [5.41, 5.74) is 1.64. The molecule has 28 heavy (non-hydrogen) atoms. The van der Waals surface area contributed by atoms with Crippen molar-refractivity contribution in [3.63, 3.8) is 0 Å². The van der Waals surface area contributed by atoms with E-state index in [1.54, 1.807) is 12.1 Å². The van der Waals surface area contributed by atoms with Gasteiger partial charge in [-0.25, -0.2) is 13.1 Å². The van der Waals surface area contributed by atoms with E-state index in [2.05, 4.69) is 4.72 Å². The number of ether oxygens (including phenoxy) is 1. The molecule has 3 rings (SSSR count). The van der Waals surface area contributed by atoms with Crippen molar-refractivity contribution in [2.24, 2.45) is 0 Å². The number of nitrogens with one attached hydrogen (secondary N) is 1. The largest absolute Gasteiger partial charge is 0.492 e. The van der Waals surface area contributed by atoms with E-state index in [9.17, 15) is 13.5 Å². The second kappa shape index (κ2) is 8.87. The minimum atomic E-state index is -3.73. The molecule has 0 aliphatic heterocycles. The van der Waals surface area contributed by atoms with E-state index in [1.807, 2.05) is 62.4 Å². The highest BCUT2D eigenvalue weighted by Gasteiger charge is 2.20. The highest BCUT2D eigenvalue weighted by atomic mass is 32.2. The molecule has 1 heterocycles. The third kappa shape index (κ3) is 4.80. The standard InChI is InChI=1S/C21H23NO4S2/c1-3-26-18-11-9-15(2)13-20(18)28(24,25)22-14-17-10-12-19(27-17)21(23)16-7-5-4-6-8-16/h4-13,21-23H,3,14H2,1-2H3/t21-/m0/s1. The van der Waals surface area contributed by atoms with Crippen molar-refractivity contribution < 1.29 is 18.3 Å². The van der Waals surface area contributed by atoms with Crippen LogP contribution in [0.1, 0.15) is 33.9 Å². The maximum atomic E-state index is 12.8. The average Bonchev–Trinajstić information content (AvgIpc) is 3.17. The minimum absolute atomic E-state index is 0.135. The molecule has 0 saturated heterocycles. The molecule has 7 heteroatoms. The second-order valence-electron chi connectivity index (χ2n) is 6.33. The predicted molar refractivity (Wildman–Crippen MR) is 111 cm³/mol. The van der Waals surface area contributed by atoms with Gasteiger partial charge in [-0.05, 0) is 49.2 Å². The van der Waals surface area contributed by atoms with Crippen molar-refractivity contribution in [3.8, 4) is 5.75 Å². The fraction of sp³-hybridized carbons (Fsp3) is 0.238. The Balaban J connectivity index is 1.74. The molecular formula is C21H23NO4S2. The Morgan fingerprint density at radius 2 is 1.86 bits per heavy atom. The van der Waals surface area contributed by atoms with Crippen molar-refractivity contribution in [2.45, 2.75) is 31.4 Å². The Labute approximate surface area is 169 Å². The van der Waals surface area contributed by atoms with Crippen molar-refractivity contribution in [2.75, 3.05) is 6.61 Å². The number of sulfonamides is 1. The van der Waals surface area contributed by atoms with E-state index < -0.39 is 16.1 Å². The van der Waals surface area contributed by atoms with Gasteiger partial charge in [-0.1, -0.05) is 36.4 Å². The first-order chi connectivity index (χ1) is 13.4.